The summed E-state index contributed by atoms with van der Waals surface area (Å²) in [6, 6.07) is 0.322. The first-order valence-corrected chi connectivity index (χ1v) is 6.85. The Balaban J connectivity index is 0.000000212. The van der Waals surface area contributed by atoms with E-state index in [2.05, 4.69) is 4.98 Å². The number of anilines is 1. The SMILES string of the molecule is Nc1nc2c(s1)CC(N)CC2.O=C(O)C(O)C(O)C(=O)O. The van der Waals surface area contributed by atoms with Crippen LogP contribution in [-0.2, 0) is 22.4 Å². The van der Waals surface area contributed by atoms with Gasteiger partial charge in [0.2, 0.25) is 0 Å². The van der Waals surface area contributed by atoms with E-state index in [0.29, 0.717) is 11.2 Å². The number of aliphatic hydroxyl groups is 2. The van der Waals surface area contributed by atoms with Gasteiger partial charge in [0.05, 0.1) is 5.69 Å². The summed E-state index contributed by atoms with van der Waals surface area (Å²) < 4.78 is 0. The lowest BCUT2D eigenvalue weighted by atomic mass is 9.99. The van der Waals surface area contributed by atoms with Crippen LogP contribution in [0.15, 0.2) is 0 Å². The van der Waals surface area contributed by atoms with Gasteiger partial charge in [0.25, 0.3) is 0 Å². The Bertz CT molecular complexity index is 502. The van der Waals surface area contributed by atoms with Gasteiger partial charge in [-0.3, -0.25) is 0 Å². The molecule has 3 unspecified atom stereocenters. The minimum absolute atomic E-state index is 0.322. The van der Waals surface area contributed by atoms with E-state index in [-0.39, 0.29) is 0 Å². The first-order valence-electron chi connectivity index (χ1n) is 6.03. The zero-order valence-corrected chi connectivity index (χ0v) is 11.8. The van der Waals surface area contributed by atoms with Crippen molar-refractivity contribution in [3.63, 3.8) is 0 Å². The largest absolute Gasteiger partial charge is 0.479 e. The second kappa shape index (κ2) is 7.31. The first-order chi connectivity index (χ1) is 9.72. The highest BCUT2D eigenvalue weighted by Crippen LogP contribution is 2.27. The number of fused-ring (bicyclic) bond motifs is 1. The fourth-order valence-electron chi connectivity index (χ4n) is 1.69. The number of carbonyl (C=O) groups is 2. The summed E-state index contributed by atoms with van der Waals surface area (Å²) in [5, 5.41) is 33.2. The lowest BCUT2D eigenvalue weighted by Gasteiger charge is -2.15. The summed E-state index contributed by atoms with van der Waals surface area (Å²) in [4.78, 5) is 25.1. The zero-order valence-electron chi connectivity index (χ0n) is 11.0. The summed E-state index contributed by atoms with van der Waals surface area (Å²) in [6.45, 7) is 0. The number of carboxylic acids is 2. The van der Waals surface area contributed by atoms with Gasteiger partial charge in [0.15, 0.2) is 17.3 Å². The number of aromatic nitrogens is 1. The fourth-order valence-corrected chi connectivity index (χ4v) is 2.66. The van der Waals surface area contributed by atoms with Crippen molar-refractivity contribution in [2.75, 3.05) is 5.73 Å². The Morgan fingerprint density at radius 1 is 1.24 bits per heavy atom. The normalized spacial score (nSPS) is 19.7. The molecule has 0 aliphatic heterocycles. The van der Waals surface area contributed by atoms with E-state index in [0.717, 1.165) is 19.3 Å². The molecule has 0 bridgehead atoms. The van der Waals surface area contributed by atoms with E-state index >= 15 is 0 Å². The molecule has 1 aliphatic rings. The number of rotatable bonds is 3. The van der Waals surface area contributed by atoms with Crippen molar-refractivity contribution in [2.45, 2.75) is 37.5 Å². The van der Waals surface area contributed by atoms with Crippen molar-refractivity contribution in [1.82, 2.24) is 4.98 Å². The average molecular weight is 319 g/mol. The van der Waals surface area contributed by atoms with E-state index in [1.54, 1.807) is 11.3 Å². The highest BCUT2D eigenvalue weighted by atomic mass is 32.1. The number of hydrogen-bond donors (Lipinski definition) is 6. The molecule has 10 heteroatoms. The minimum atomic E-state index is -2.27. The molecule has 0 saturated carbocycles. The molecule has 0 amide bonds. The van der Waals surface area contributed by atoms with E-state index in [9.17, 15) is 9.59 Å². The number of nitrogen functional groups attached to an aromatic ring is 1. The van der Waals surface area contributed by atoms with Gasteiger partial charge in [-0.25, -0.2) is 14.6 Å². The number of nitrogens with two attached hydrogens (primary N) is 2. The topological polar surface area (TPSA) is 180 Å². The van der Waals surface area contributed by atoms with Gasteiger partial charge in [-0.1, -0.05) is 0 Å². The molecule has 1 aromatic heterocycles. The van der Waals surface area contributed by atoms with E-state index < -0.39 is 24.1 Å². The van der Waals surface area contributed by atoms with Crippen molar-refractivity contribution in [2.24, 2.45) is 5.73 Å². The summed E-state index contributed by atoms with van der Waals surface area (Å²) in [5.74, 6) is -3.54. The Morgan fingerprint density at radius 3 is 2.24 bits per heavy atom. The molecule has 21 heavy (non-hydrogen) atoms. The molecule has 3 atom stereocenters. The zero-order chi connectivity index (χ0) is 16.2. The number of aliphatic carboxylic acids is 2. The van der Waals surface area contributed by atoms with Crippen LogP contribution in [0.4, 0.5) is 5.13 Å². The lowest BCUT2D eigenvalue weighted by Crippen LogP contribution is -2.39. The summed E-state index contributed by atoms with van der Waals surface area (Å²) in [6.07, 6.45) is -1.51. The maximum Gasteiger partial charge on any atom is 0.335 e. The van der Waals surface area contributed by atoms with Gasteiger partial charge in [0, 0.05) is 10.9 Å². The Kier molecular flexibility index (Phi) is 6.03. The molecule has 118 valence electrons. The molecule has 1 heterocycles. The van der Waals surface area contributed by atoms with Crippen LogP contribution in [0, 0.1) is 0 Å². The molecule has 0 spiro atoms. The van der Waals surface area contributed by atoms with Crippen LogP contribution < -0.4 is 11.5 Å². The summed E-state index contributed by atoms with van der Waals surface area (Å²) in [5.41, 5.74) is 12.5. The molecule has 1 aromatic rings. The second-order valence-electron chi connectivity index (χ2n) is 4.49. The summed E-state index contributed by atoms with van der Waals surface area (Å²) in [7, 11) is 0. The molecule has 1 aliphatic carbocycles. The van der Waals surface area contributed by atoms with Gasteiger partial charge in [-0.2, -0.15) is 0 Å². The van der Waals surface area contributed by atoms with Gasteiger partial charge in [-0.05, 0) is 19.3 Å². The van der Waals surface area contributed by atoms with Crippen molar-refractivity contribution in [1.29, 1.82) is 0 Å². The lowest BCUT2D eigenvalue weighted by molar-refractivity contribution is -0.165. The van der Waals surface area contributed by atoms with Gasteiger partial charge < -0.3 is 31.9 Å². The standard InChI is InChI=1S/C7H11N3S.C4H6O6/c8-4-1-2-5-6(3-4)11-7(9)10-5;5-1(3(7)8)2(6)4(9)10/h4H,1-3,8H2,(H2,9,10);1-2,5-6H,(H,7,8)(H,9,10). The maximum atomic E-state index is 9.77. The number of hydrogen-bond acceptors (Lipinski definition) is 8. The molecule has 9 nitrogen and oxygen atoms in total. The van der Waals surface area contributed by atoms with Crippen molar-refractivity contribution >= 4 is 28.4 Å². The van der Waals surface area contributed by atoms with Crippen LogP contribution in [0.3, 0.4) is 0 Å². The monoisotopic (exact) mass is 319 g/mol. The molecule has 0 radical (unpaired) electrons. The predicted octanol–water partition coefficient (Wildman–Crippen LogP) is -1.58. The van der Waals surface area contributed by atoms with E-state index in [1.165, 1.54) is 10.6 Å². The third-order valence-corrected chi connectivity index (χ3v) is 3.75. The number of nitrogens with zero attached hydrogens (tertiary/aromatic N) is 1. The number of carboxylic acid groups (broad SMARTS) is 2. The van der Waals surface area contributed by atoms with Crippen LogP contribution >= 0.6 is 11.3 Å². The third kappa shape index (κ3) is 4.93. The number of aryl methyl sites for hydroxylation is 1. The number of aliphatic hydroxyl groups excluding tert-OH is 2. The Morgan fingerprint density at radius 2 is 1.76 bits per heavy atom. The second-order valence-corrected chi connectivity index (χ2v) is 5.61. The summed E-state index contributed by atoms with van der Waals surface area (Å²) >= 11 is 1.58. The molecule has 0 saturated heterocycles. The molecular weight excluding hydrogens is 302 g/mol. The van der Waals surface area contributed by atoms with Crippen LogP contribution in [0.25, 0.3) is 0 Å². The van der Waals surface area contributed by atoms with Gasteiger partial charge in [-0.15, -0.1) is 11.3 Å². The smallest absolute Gasteiger partial charge is 0.335 e. The van der Waals surface area contributed by atoms with Gasteiger partial charge in [0.1, 0.15) is 0 Å². The van der Waals surface area contributed by atoms with Crippen molar-refractivity contribution in [3.05, 3.63) is 10.6 Å². The van der Waals surface area contributed by atoms with Crippen LogP contribution in [-0.4, -0.2) is 55.6 Å². The van der Waals surface area contributed by atoms with Crippen molar-refractivity contribution in [3.8, 4) is 0 Å². The first kappa shape index (κ1) is 17.3. The quantitative estimate of drug-likeness (QED) is 0.383. The molecule has 2 rings (SSSR count). The van der Waals surface area contributed by atoms with E-state index in [1.807, 2.05) is 0 Å². The fraction of sp³-hybridized carbons (Fsp3) is 0.545. The molecule has 0 fully saturated rings. The van der Waals surface area contributed by atoms with Gasteiger partial charge >= 0.3 is 11.9 Å². The average Bonchev–Trinajstić information content (AvgIpc) is 2.76. The van der Waals surface area contributed by atoms with Crippen LogP contribution in [0.5, 0.6) is 0 Å². The van der Waals surface area contributed by atoms with Crippen molar-refractivity contribution < 1.29 is 30.0 Å². The van der Waals surface area contributed by atoms with E-state index in [4.69, 9.17) is 31.9 Å². The predicted molar refractivity (Wildman–Crippen MR) is 73.8 cm³/mol. The van der Waals surface area contributed by atoms with Crippen LogP contribution in [0.2, 0.25) is 0 Å². The Labute approximate surface area is 123 Å². The maximum absolute atomic E-state index is 9.77. The molecule has 0 aromatic carbocycles. The third-order valence-electron chi connectivity index (χ3n) is 2.80. The highest BCUT2D eigenvalue weighted by molar-refractivity contribution is 7.15. The number of thiazole rings is 1. The Hall–Kier alpha value is -1.75. The highest BCUT2D eigenvalue weighted by Gasteiger charge is 2.29. The molecular formula is C11H17N3O6S. The van der Waals surface area contributed by atoms with Crippen LogP contribution in [0.1, 0.15) is 17.0 Å². The molecule has 8 N–H and O–H groups in total. The minimum Gasteiger partial charge on any atom is -0.479 e.